The highest BCUT2D eigenvalue weighted by molar-refractivity contribution is 5.87. The molecule has 2 N–H and O–H groups in total. The van der Waals surface area contributed by atoms with Crippen LogP contribution in [0.5, 0.6) is 0 Å². The second kappa shape index (κ2) is 11.0. The quantitative estimate of drug-likeness (QED) is 0.404. The predicted octanol–water partition coefficient (Wildman–Crippen LogP) is 1.12. The maximum Gasteiger partial charge on any atom is 0.241 e. The molecule has 7 heteroatoms. The number of amides is 2. The van der Waals surface area contributed by atoms with Crippen molar-refractivity contribution in [2.24, 2.45) is 11.8 Å². The number of hydrogen-bond acceptors (Lipinski definition) is 5. The summed E-state index contributed by atoms with van der Waals surface area (Å²) in [5.74, 6) is -0.494. The van der Waals surface area contributed by atoms with Gasteiger partial charge in [-0.2, -0.15) is 0 Å². The van der Waals surface area contributed by atoms with Crippen LogP contribution in [0, 0.1) is 11.8 Å². The Balaban J connectivity index is 5.21. The second-order valence-electron chi connectivity index (χ2n) is 7.29. The fourth-order valence-electron chi connectivity index (χ4n) is 2.55. The van der Waals surface area contributed by atoms with Crippen molar-refractivity contribution in [3.8, 4) is 0 Å². The summed E-state index contributed by atoms with van der Waals surface area (Å²) in [5.41, 5.74) is -1.34. The summed E-state index contributed by atoms with van der Waals surface area (Å²) in [6.07, 6.45) is 2.79. The molecule has 0 bridgehead atoms. The van der Waals surface area contributed by atoms with Gasteiger partial charge in [0.2, 0.25) is 11.8 Å². The van der Waals surface area contributed by atoms with Gasteiger partial charge < -0.3 is 15.0 Å². The fraction of sp³-hybridized carbons (Fsp3) is 0.778. The third-order valence-electron chi connectivity index (χ3n) is 3.85. The van der Waals surface area contributed by atoms with Crippen molar-refractivity contribution in [2.45, 2.75) is 65.6 Å². The predicted molar refractivity (Wildman–Crippen MR) is 96.8 cm³/mol. The Bertz CT molecular complexity index is 465. The van der Waals surface area contributed by atoms with Gasteiger partial charge >= 0.3 is 0 Å². The van der Waals surface area contributed by atoms with Crippen LogP contribution in [0.25, 0.3) is 0 Å². The number of aldehydes is 2. The first kappa shape index (κ1) is 23.2. The lowest BCUT2D eigenvalue weighted by Crippen LogP contribution is -2.65. The van der Waals surface area contributed by atoms with Crippen LogP contribution < -0.4 is 10.6 Å². The summed E-state index contributed by atoms with van der Waals surface area (Å²) in [6.45, 7) is 9.32. The van der Waals surface area contributed by atoms with Gasteiger partial charge in [0.05, 0.1) is 12.6 Å². The Morgan fingerprint density at radius 3 is 2.16 bits per heavy atom. The van der Waals surface area contributed by atoms with E-state index in [9.17, 15) is 19.2 Å². The van der Waals surface area contributed by atoms with Gasteiger partial charge in [0, 0.05) is 13.5 Å². The monoisotopic (exact) mass is 355 g/mol. The van der Waals surface area contributed by atoms with Gasteiger partial charge in [-0.25, -0.2) is 0 Å². The van der Waals surface area contributed by atoms with Gasteiger partial charge in [-0.15, -0.1) is 0 Å². The highest BCUT2D eigenvalue weighted by Gasteiger charge is 2.35. The molecule has 2 amide bonds. The molecule has 0 aliphatic carbocycles. The van der Waals surface area contributed by atoms with E-state index in [1.54, 1.807) is 7.05 Å². The lowest BCUT2D eigenvalue weighted by Gasteiger charge is -2.36. The van der Waals surface area contributed by atoms with Crippen LogP contribution in [0.1, 0.15) is 53.9 Å². The maximum atomic E-state index is 12.4. The molecular formula is C18H33N3O4. The lowest BCUT2D eigenvalue weighted by atomic mass is 9.95. The van der Waals surface area contributed by atoms with E-state index in [0.717, 1.165) is 6.29 Å². The van der Waals surface area contributed by atoms with Gasteiger partial charge in [-0.1, -0.05) is 34.6 Å². The fourth-order valence-corrected chi connectivity index (χ4v) is 2.55. The van der Waals surface area contributed by atoms with Crippen LogP contribution in [-0.4, -0.2) is 54.6 Å². The van der Waals surface area contributed by atoms with E-state index >= 15 is 0 Å². The summed E-state index contributed by atoms with van der Waals surface area (Å²) >= 11 is 0. The van der Waals surface area contributed by atoms with Crippen molar-refractivity contribution in [3.05, 3.63) is 0 Å². The van der Waals surface area contributed by atoms with E-state index in [-0.39, 0.29) is 24.3 Å². The number of nitrogens with one attached hydrogen (secondary N) is 2. The normalized spacial score (nSPS) is 14.7. The number of carbonyl (C=O) groups is 4. The molecule has 7 nitrogen and oxygen atoms in total. The number of rotatable bonds is 12. The minimum atomic E-state index is -1.34. The zero-order chi connectivity index (χ0) is 19.6. The van der Waals surface area contributed by atoms with Crippen LogP contribution >= 0.6 is 0 Å². The molecule has 0 aromatic heterocycles. The molecule has 0 aromatic rings. The smallest absolute Gasteiger partial charge is 0.241 e. The van der Waals surface area contributed by atoms with Crippen LogP contribution in [0.3, 0.4) is 0 Å². The number of carbonyl (C=O) groups excluding carboxylic acids is 4. The van der Waals surface area contributed by atoms with E-state index in [1.165, 1.54) is 4.90 Å². The number of nitrogens with zero attached hydrogens (tertiary/aromatic N) is 1. The van der Waals surface area contributed by atoms with Crippen molar-refractivity contribution < 1.29 is 19.2 Å². The van der Waals surface area contributed by atoms with Gasteiger partial charge in [-0.3, -0.25) is 19.7 Å². The van der Waals surface area contributed by atoms with Crippen molar-refractivity contribution in [2.75, 3.05) is 13.6 Å². The van der Waals surface area contributed by atoms with E-state index < -0.39 is 17.6 Å². The molecule has 0 aromatic carbocycles. The van der Waals surface area contributed by atoms with E-state index in [4.69, 9.17) is 0 Å². The van der Waals surface area contributed by atoms with E-state index in [1.807, 2.05) is 34.6 Å². The topological polar surface area (TPSA) is 95.6 Å². The average Bonchev–Trinajstić information content (AvgIpc) is 2.51. The molecule has 0 saturated carbocycles. The van der Waals surface area contributed by atoms with Crippen LogP contribution in [0.4, 0.5) is 0 Å². The Morgan fingerprint density at radius 2 is 1.76 bits per heavy atom. The van der Waals surface area contributed by atoms with Gasteiger partial charge in [-0.05, 0) is 24.7 Å². The minimum Gasteiger partial charge on any atom is -0.336 e. The molecule has 0 aliphatic rings. The molecule has 0 saturated heterocycles. The van der Waals surface area contributed by atoms with Crippen molar-refractivity contribution in [1.29, 1.82) is 0 Å². The Morgan fingerprint density at radius 1 is 1.16 bits per heavy atom. The van der Waals surface area contributed by atoms with Crippen molar-refractivity contribution in [1.82, 2.24) is 15.5 Å². The molecule has 2 atom stereocenters. The highest BCUT2D eigenvalue weighted by Crippen LogP contribution is 2.15. The zero-order valence-corrected chi connectivity index (χ0v) is 16.3. The van der Waals surface area contributed by atoms with E-state index in [2.05, 4.69) is 10.6 Å². The van der Waals surface area contributed by atoms with Crippen LogP contribution in [0.15, 0.2) is 0 Å². The number of likely N-dealkylation sites (N-methyl/N-ethyl adjacent to an activating group) is 1. The van der Waals surface area contributed by atoms with Gasteiger partial charge in [0.25, 0.3) is 0 Å². The summed E-state index contributed by atoms with van der Waals surface area (Å²) in [4.78, 5) is 48.6. The molecule has 2 unspecified atom stereocenters. The molecule has 144 valence electrons. The molecule has 0 fully saturated rings. The molecule has 0 radical (unpaired) electrons. The first-order chi connectivity index (χ1) is 11.6. The molecule has 0 spiro atoms. The SMILES string of the molecule is CCCC(=O)N(C)CC(=O)NC(C=O)(CC(C)C)NC(C=O)C(C)C. The van der Waals surface area contributed by atoms with Crippen LogP contribution in [0.2, 0.25) is 0 Å². The Labute approximate surface area is 150 Å². The summed E-state index contributed by atoms with van der Waals surface area (Å²) in [7, 11) is 1.55. The standard InChI is InChI=1S/C18H33N3O4/c1-7-8-17(25)21(6)10-16(24)20-18(12-23,9-13(2)3)19-15(11-22)14(4)5/h11-15,19H,7-10H2,1-6H3,(H,20,24). The van der Waals surface area contributed by atoms with Crippen molar-refractivity contribution in [3.63, 3.8) is 0 Å². The van der Waals surface area contributed by atoms with Gasteiger partial charge in [0.1, 0.15) is 11.9 Å². The van der Waals surface area contributed by atoms with Crippen molar-refractivity contribution >= 4 is 24.4 Å². The minimum absolute atomic E-state index is 0.0327. The lowest BCUT2D eigenvalue weighted by molar-refractivity contribution is -0.136. The second-order valence-corrected chi connectivity index (χ2v) is 7.29. The molecule has 25 heavy (non-hydrogen) atoms. The number of hydrogen-bond donors (Lipinski definition) is 2. The van der Waals surface area contributed by atoms with Gasteiger partial charge in [0.15, 0.2) is 6.29 Å². The largest absolute Gasteiger partial charge is 0.336 e. The summed E-state index contributed by atoms with van der Waals surface area (Å²) in [6, 6.07) is -0.566. The highest BCUT2D eigenvalue weighted by atomic mass is 16.2. The molecule has 0 aliphatic heterocycles. The summed E-state index contributed by atoms with van der Waals surface area (Å²) in [5, 5.41) is 5.67. The zero-order valence-electron chi connectivity index (χ0n) is 16.3. The van der Waals surface area contributed by atoms with Crippen LogP contribution in [-0.2, 0) is 19.2 Å². The Kier molecular flexibility index (Phi) is 10.2. The molecule has 0 rings (SSSR count). The average molecular weight is 355 g/mol. The third-order valence-corrected chi connectivity index (χ3v) is 3.85. The Hall–Kier alpha value is -1.76. The molecular weight excluding hydrogens is 322 g/mol. The molecule has 0 heterocycles. The third kappa shape index (κ3) is 8.25. The first-order valence-corrected chi connectivity index (χ1v) is 8.85. The maximum absolute atomic E-state index is 12.4. The van der Waals surface area contributed by atoms with E-state index in [0.29, 0.717) is 25.5 Å². The first-order valence-electron chi connectivity index (χ1n) is 8.85. The summed E-state index contributed by atoms with van der Waals surface area (Å²) < 4.78 is 0.